The summed E-state index contributed by atoms with van der Waals surface area (Å²) >= 11 is 0. The smallest absolute Gasteiger partial charge is 0.0947 e. The molecule has 0 radical (unpaired) electrons. The van der Waals surface area contributed by atoms with Crippen LogP contribution in [0.25, 0.3) is 0 Å². The summed E-state index contributed by atoms with van der Waals surface area (Å²) in [6, 6.07) is 0. The molecule has 1 aliphatic rings. The Morgan fingerprint density at radius 1 is 1.35 bits per heavy atom. The van der Waals surface area contributed by atoms with Gasteiger partial charge >= 0.3 is 0 Å². The van der Waals surface area contributed by atoms with Gasteiger partial charge in [-0.05, 0) is 43.7 Å². The monoisotopic (exact) mass is 239 g/mol. The van der Waals surface area contributed by atoms with Crippen LogP contribution in [0.2, 0.25) is 0 Å². The van der Waals surface area contributed by atoms with Crippen molar-refractivity contribution in [3.63, 3.8) is 0 Å². The lowest BCUT2D eigenvalue weighted by Crippen LogP contribution is -2.35. The molecule has 0 aliphatic carbocycles. The van der Waals surface area contributed by atoms with Crippen molar-refractivity contribution in [1.29, 1.82) is 5.41 Å². The molecule has 0 aromatic heterocycles. The number of rotatable bonds is 3. The Bertz CT molecular complexity index is 255. The number of nitrogens with zero attached hydrogens (tertiary/aromatic N) is 1. The molecule has 0 amide bonds. The van der Waals surface area contributed by atoms with Gasteiger partial charge in [0.1, 0.15) is 0 Å². The van der Waals surface area contributed by atoms with Crippen LogP contribution in [0, 0.1) is 22.7 Å². The molecule has 1 fully saturated rings. The van der Waals surface area contributed by atoms with Gasteiger partial charge in [-0.2, -0.15) is 0 Å². The van der Waals surface area contributed by atoms with E-state index in [1.54, 1.807) is 0 Å². The zero-order valence-corrected chi connectivity index (χ0v) is 11.9. The maximum atomic E-state index is 7.46. The van der Waals surface area contributed by atoms with Crippen LogP contribution in [0.1, 0.15) is 47.0 Å². The molecular weight excluding hydrogens is 210 g/mol. The molecule has 3 heteroatoms. The molecule has 2 unspecified atom stereocenters. The molecule has 3 nitrogen and oxygen atoms in total. The molecule has 17 heavy (non-hydrogen) atoms. The fourth-order valence-electron chi connectivity index (χ4n) is 2.69. The topological polar surface area (TPSA) is 53.1 Å². The van der Waals surface area contributed by atoms with Crippen LogP contribution in [-0.4, -0.2) is 30.4 Å². The maximum absolute atomic E-state index is 7.46. The van der Waals surface area contributed by atoms with Crippen molar-refractivity contribution in [3.05, 3.63) is 0 Å². The van der Waals surface area contributed by atoms with E-state index in [2.05, 4.69) is 32.6 Å². The summed E-state index contributed by atoms with van der Waals surface area (Å²) in [6.45, 7) is 12.4. The zero-order valence-electron chi connectivity index (χ0n) is 11.9. The van der Waals surface area contributed by atoms with Crippen molar-refractivity contribution in [3.8, 4) is 0 Å². The lowest BCUT2D eigenvalue weighted by molar-refractivity contribution is 0.206. The van der Waals surface area contributed by atoms with Crippen molar-refractivity contribution in [2.75, 3.05) is 19.6 Å². The summed E-state index contributed by atoms with van der Waals surface area (Å²) in [5, 5.41) is 7.46. The fourth-order valence-corrected chi connectivity index (χ4v) is 2.69. The maximum Gasteiger partial charge on any atom is 0.0947 e. The van der Waals surface area contributed by atoms with E-state index >= 15 is 0 Å². The molecule has 1 aliphatic heterocycles. The number of hydrogen-bond donors (Lipinski definition) is 2. The first kappa shape index (κ1) is 14.5. The van der Waals surface area contributed by atoms with E-state index in [4.69, 9.17) is 11.1 Å². The Labute approximate surface area is 106 Å². The minimum atomic E-state index is 0.196. The second kappa shape index (κ2) is 5.85. The molecule has 2 atom stereocenters. The fraction of sp³-hybridized carbons (Fsp3) is 0.929. The van der Waals surface area contributed by atoms with Gasteiger partial charge in [-0.1, -0.05) is 27.7 Å². The van der Waals surface area contributed by atoms with Crippen molar-refractivity contribution < 1.29 is 0 Å². The zero-order chi connectivity index (χ0) is 13.1. The summed E-state index contributed by atoms with van der Waals surface area (Å²) in [6.07, 6.45) is 3.91. The van der Waals surface area contributed by atoms with Crippen molar-refractivity contribution in [2.45, 2.75) is 47.0 Å². The van der Waals surface area contributed by atoms with Gasteiger partial charge in [-0.15, -0.1) is 0 Å². The van der Waals surface area contributed by atoms with Crippen LogP contribution < -0.4 is 5.73 Å². The Morgan fingerprint density at radius 2 is 2.00 bits per heavy atom. The van der Waals surface area contributed by atoms with Gasteiger partial charge in [0.2, 0.25) is 0 Å². The van der Waals surface area contributed by atoms with Crippen molar-refractivity contribution in [1.82, 2.24) is 4.90 Å². The van der Waals surface area contributed by atoms with Crippen LogP contribution in [0.15, 0.2) is 0 Å². The number of amidine groups is 1. The molecule has 0 aromatic carbocycles. The van der Waals surface area contributed by atoms with Gasteiger partial charge in [-0.3, -0.25) is 5.41 Å². The number of nitrogens with two attached hydrogens (primary N) is 1. The second-order valence-corrected chi connectivity index (χ2v) is 6.65. The van der Waals surface area contributed by atoms with Crippen LogP contribution >= 0.6 is 0 Å². The molecule has 1 rings (SSSR count). The van der Waals surface area contributed by atoms with Crippen LogP contribution in [0.4, 0.5) is 0 Å². The van der Waals surface area contributed by atoms with E-state index in [0.29, 0.717) is 11.3 Å². The summed E-state index contributed by atoms with van der Waals surface area (Å²) in [5.74, 6) is 1.35. The molecule has 100 valence electrons. The number of hydrogen-bond acceptors (Lipinski definition) is 2. The molecular formula is C14H29N3. The van der Waals surface area contributed by atoms with Crippen LogP contribution in [0.3, 0.4) is 0 Å². The number of likely N-dealkylation sites (tertiary alicyclic amines) is 1. The van der Waals surface area contributed by atoms with Gasteiger partial charge in [-0.25, -0.2) is 0 Å². The Hall–Kier alpha value is -0.570. The highest BCUT2D eigenvalue weighted by atomic mass is 15.1. The standard InChI is InChI=1S/C14H29N3/c1-11(13(15)16)10-17-8-5-6-12(7-9-17)14(2,3)4/h11-12H,5-10H2,1-4H3,(H3,15,16). The van der Waals surface area contributed by atoms with Gasteiger partial charge in [0.25, 0.3) is 0 Å². The average Bonchev–Trinajstić information content (AvgIpc) is 2.42. The Balaban J connectivity index is 2.45. The van der Waals surface area contributed by atoms with Gasteiger partial charge in [0.15, 0.2) is 0 Å². The lowest BCUT2D eigenvalue weighted by atomic mass is 9.77. The first-order valence-electron chi connectivity index (χ1n) is 6.87. The third-order valence-corrected chi connectivity index (χ3v) is 4.11. The minimum Gasteiger partial charge on any atom is -0.387 e. The summed E-state index contributed by atoms with van der Waals surface area (Å²) < 4.78 is 0. The molecule has 0 aromatic rings. The van der Waals surface area contributed by atoms with Crippen LogP contribution in [0.5, 0.6) is 0 Å². The van der Waals surface area contributed by atoms with E-state index in [1.165, 1.54) is 32.4 Å². The average molecular weight is 239 g/mol. The Kier molecular flexibility index (Phi) is 4.99. The molecule has 0 spiro atoms. The predicted octanol–water partition coefficient (Wildman–Crippen LogP) is 2.71. The van der Waals surface area contributed by atoms with E-state index < -0.39 is 0 Å². The van der Waals surface area contributed by atoms with Gasteiger partial charge in [0.05, 0.1) is 5.84 Å². The first-order valence-corrected chi connectivity index (χ1v) is 6.87. The quantitative estimate of drug-likeness (QED) is 0.588. The van der Waals surface area contributed by atoms with E-state index in [9.17, 15) is 0 Å². The normalized spacial score (nSPS) is 25.3. The molecule has 1 heterocycles. The number of nitrogens with one attached hydrogen (secondary N) is 1. The Morgan fingerprint density at radius 3 is 2.53 bits per heavy atom. The molecule has 0 saturated carbocycles. The summed E-state index contributed by atoms with van der Waals surface area (Å²) in [5.41, 5.74) is 5.98. The first-order chi connectivity index (χ1) is 7.80. The second-order valence-electron chi connectivity index (χ2n) is 6.65. The third kappa shape index (κ3) is 4.66. The lowest BCUT2D eigenvalue weighted by Gasteiger charge is -2.30. The van der Waals surface area contributed by atoms with E-state index in [-0.39, 0.29) is 5.92 Å². The van der Waals surface area contributed by atoms with Crippen LogP contribution in [-0.2, 0) is 0 Å². The van der Waals surface area contributed by atoms with Crippen molar-refractivity contribution >= 4 is 5.84 Å². The molecule has 1 saturated heterocycles. The third-order valence-electron chi connectivity index (χ3n) is 4.11. The van der Waals surface area contributed by atoms with Gasteiger partial charge < -0.3 is 10.6 Å². The summed E-state index contributed by atoms with van der Waals surface area (Å²) in [4.78, 5) is 2.48. The highest BCUT2D eigenvalue weighted by Gasteiger charge is 2.27. The van der Waals surface area contributed by atoms with Gasteiger partial charge in [0, 0.05) is 12.5 Å². The molecule has 3 N–H and O–H groups in total. The van der Waals surface area contributed by atoms with E-state index in [0.717, 1.165) is 12.5 Å². The molecule has 0 bridgehead atoms. The van der Waals surface area contributed by atoms with Crippen molar-refractivity contribution in [2.24, 2.45) is 23.0 Å². The highest BCUT2D eigenvalue weighted by molar-refractivity contribution is 5.79. The predicted molar refractivity (Wildman–Crippen MR) is 74.3 cm³/mol. The summed E-state index contributed by atoms with van der Waals surface area (Å²) in [7, 11) is 0. The van der Waals surface area contributed by atoms with E-state index in [1.807, 2.05) is 0 Å². The minimum absolute atomic E-state index is 0.196. The highest BCUT2D eigenvalue weighted by Crippen LogP contribution is 2.34. The SMILES string of the molecule is CC(CN1CCCC(C(C)(C)C)CC1)C(=N)N. The largest absolute Gasteiger partial charge is 0.387 e.